The Kier molecular flexibility index (Phi) is 6.59. The predicted octanol–water partition coefficient (Wildman–Crippen LogP) is 3.31. The van der Waals surface area contributed by atoms with Gasteiger partial charge < -0.3 is 0 Å². The minimum absolute atomic E-state index is 0.0237. The first kappa shape index (κ1) is 21.7. The SMILES string of the molecule is CC(=O)N(C(C)=O)C1CCC(CC2CCC(N3C(=O)C=CC3=O)C(C)C2)CC1C. The standard InChI is InChI=1S/C23H34N2O4/c1-14-11-18(5-7-20(14)24(16(3)26)17(4)27)13-19-6-8-21(15(2)12-19)25-22(28)9-10-23(25)29/h9-10,14-15,18-21H,5-8,11-13H2,1-4H3. The van der Waals surface area contributed by atoms with Crippen LogP contribution in [0.25, 0.3) is 0 Å². The Bertz CT molecular complexity index is 660. The zero-order valence-electron chi connectivity index (χ0n) is 18.1. The Balaban J connectivity index is 1.52. The van der Waals surface area contributed by atoms with Gasteiger partial charge in [0.2, 0.25) is 11.8 Å². The summed E-state index contributed by atoms with van der Waals surface area (Å²) >= 11 is 0. The summed E-state index contributed by atoms with van der Waals surface area (Å²) in [4.78, 5) is 50.7. The highest BCUT2D eigenvalue weighted by molar-refractivity contribution is 6.13. The van der Waals surface area contributed by atoms with E-state index in [-0.39, 0.29) is 35.7 Å². The molecule has 0 saturated heterocycles. The number of hydrogen-bond acceptors (Lipinski definition) is 4. The van der Waals surface area contributed by atoms with Gasteiger partial charge in [0, 0.05) is 38.1 Å². The number of nitrogens with zero attached hydrogens (tertiary/aromatic N) is 2. The minimum atomic E-state index is -0.169. The van der Waals surface area contributed by atoms with E-state index >= 15 is 0 Å². The maximum absolute atomic E-state index is 12.0. The monoisotopic (exact) mass is 402 g/mol. The van der Waals surface area contributed by atoms with Crippen molar-refractivity contribution >= 4 is 23.6 Å². The second-order valence-electron chi connectivity index (χ2n) is 9.47. The van der Waals surface area contributed by atoms with Crippen molar-refractivity contribution in [3.8, 4) is 0 Å². The quantitative estimate of drug-likeness (QED) is 0.676. The number of imide groups is 2. The molecule has 0 radical (unpaired) electrons. The molecule has 0 spiro atoms. The molecule has 0 bridgehead atoms. The Labute approximate surface area is 173 Å². The number of carbonyl (C=O) groups is 4. The van der Waals surface area contributed by atoms with Crippen LogP contribution in [-0.4, -0.2) is 45.5 Å². The van der Waals surface area contributed by atoms with Crippen molar-refractivity contribution in [3.05, 3.63) is 12.2 Å². The van der Waals surface area contributed by atoms with Crippen LogP contribution in [0.5, 0.6) is 0 Å². The molecule has 3 rings (SSSR count). The van der Waals surface area contributed by atoms with Gasteiger partial charge in [0.1, 0.15) is 0 Å². The second-order valence-corrected chi connectivity index (χ2v) is 9.47. The smallest absolute Gasteiger partial charge is 0.253 e. The van der Waals surface area contributed by atoms with Crippen molar-refractivity contribution in [1.29, 1.82) is 0 Å². The zero-order chi connectivity index (χ0) is 21.3. The van der Waals surface area contributed by atoms with Gasteiger partial charge in [-0.25, -0.2) is 0 Å². The van der Waals surface area contributed by atoms with Crippen LogP contribution in [0.1, 0.15) is 72.6 Å². The van der Waals surface area contributed by atoms with Crippen LogP contribution in [0.2, 0.25) is 0 Å². The van der Waals surface area contributed by atoms with E-state index in [2.05, 4.69) is 13.8 Å². The average molecular weight is 403 g/mol. The minimum Gasteiger partial charge on any atom is -0.280 e. The molecule has 2 fully saturated rings. The van der Waals surface area contributed by atoms with Crippen LogP contribution >= 0.6 is 0 Å². The van der Waals surface area contributed by atoms with Gasteiger partial charge in [0.15, 0.2) is 0 Å². The fourth-order valence-electron chi connectivity index (χ4n) is 6.08. The molecule has 0 aromatic carbocycles. The Morgan fingerprint density at radius 3 is 1.90 bits per heavy atom. The lowest BCUT2D eigenvalue weighted by atomic mass is 9.70. The zero-order valence-corrected chi connectivity index (χ0v) is 18.1. The van der Waals surface area contributed by atoms with Crippen LogP contribution in [0, 0.1) is 23.7 Å². The summed E-state index contributed by atoms with van der Waals surface area (Å²) in [6, 6.07) is 0.0474. The van der Waals surface area contributed by atoms with Gasteiger partial charge in [0.25, 0.3) is 11.8 Å². The number of rotatable bonds is 4. The summed E-state index contributed by atoms with van der Waals surface area (Å²) in [5.74, 6) is 1.24. The summed E-state index contributed by atoms with van der Waals surface area (Å²) in [5.41, 5.74) is 0. The maximum atomic E-state index is 12.0. The Morgan fingerprint density at radius 1 is 0.897 bits per heavy atom. The third-order valence-corrected chi connectivity index (χ3v) is 7.32. The van der Waals surface area contributed by atoms with Crippen molar-refractivity contribution in [1.82, 2.24) is 9.80 Å². The molecule has 6 unspecified atom stereocenters. The first-order valence-corrected chi connectivity index (χ1v) is 11.0. The van der Waals surface area contributed by atoms with Crippen molar-refractivity contribution < 1.29 is 19.2 Å². The van der Waals surface area contributed by atoms with Gasteiger partial charge in [-0.3, -0.25) is 29.0 Å². The molecule has 0 aromatic heterocycles. The molecule has 2 aliphatic carbocycles. The molecule has 4 amide bonds. The lowest BCUT2D eigenvalue weighted by Crippen LogP contribution is -2.48. The van der Waals surface area contributed by atoms with Crippen molar-refractivity contribution in [2.45, 2.75) is 84.7 Å². The molecule has 6 nitrogen and oxygen atoms in total. The van der Waals surface area contributed by atoms with Crippen LogP contribution in [0.15, 0.2) is 12.2 Å². The third-order valence-electron chi connectivity index (χ3n) is 7.32. The summed E-state index contributed by atoms with van der Waals surface area (Å²) in [7, 11) is 0. The van der Waals surface area contributed by atoms with Crippen molar-refractivity contribution in [2.75, 3.05) is 0 Å². The largest absolute Gasteiger partial charge is 0.280 e. The van der Waals surface area contributed by atoms with Gasteiger partial charge in [0.05, 0.1) is 0 Å². The maximum Gasteiger partial charge on any atom is 0.253 e. The molecule has 6 atom stereocenters. The van der Waals surface area contributed by atoms with Crippen LogP contribution in [0.3, 0.4) is 0 Å². The van der Waals surface area contributed by atoms with E-state index < -0.39 is 0 Å². The molecule has 160 valence electrons. The summed E-state index contributed by atoms with van der Waals surface area (Å²) < 4.78 is 0. The van der Waals surface area contributed by atoms with Crippen LogP contribution < -0.4 is 0 Å². The van der Waals surface area contributed by atoms with E-state index in [1.807, 2.05) is 0 Å². The van der Waals surface area contributed by atoms with Crippen molar-refractivity contribution in [3.63, 3.8) is 0 Å². The molecular weight excluding hydrogens is 368 g/mol. The molecule has 1 aliphatic heterocycles. The number of hydrogen-bond donors (Lipinski definition) is 0. The topological polar surface area (TPSA) is 74.8 Å². The molecule has 6 heteroatoms. The highest BCUT2D eigenvalue weighted by atomic mass is 16.2. The third kappa shape index (κ3) is 4.62. The van der Waals surface area contributed by atoms with Gasteiger partial charge in [-0.05, 0) is 68.6 Å². The first-order chi connectivity index (χ1) is 13.7. The Morgan fingerprint density at radius 2 is 1.41 bits per heavy atom. The van der Waals surface area contributed by atoms with Crippen molar-refractivity contribution in [2.24, 2.45) is 23.7 Å². The fourth-order valence-corrected chi connectivity index (χ4v) is 6.08. The summed E-state index contributed by atoms with van der Waals surface area (Å²) in [6.45, 7) is 7.27. The van der Waals surface area contributed by atoms with Gasteiger partial charge in [-0.2, -0.15) is 0 Å². The summed E-state index contributed by atoms with van der Waals surface area (Å²) in [6.07, 6.45) is 9.89. The van der Waals surface area contributed by atoms with E-state index in [1.165, 1.54) is 35.8 Å². The van der Waals surface area contributed by atoms with Gasteiger partial charge in [-0.1, -0.05) is 13.8 Å². The molecular formula is C23H34N2O4. The number of carbonyl (C=O) groups excluding carboxylic acids is 4. The highest BCUT2D eigenvalue weighted by Crippen LogP contribution is 2.41. The highest BCUT2D eigenvalue weighted by Gasteiger charge is 2.40. The van der Waals surface area contributed by atoms with Crippen LogP contribution in [0.4, 0.5) is 0 Å². The molecule has 3 aliphatic rings. The summed E-state index contributed by atoms with van der Waals surface area (Å²) in [5, 5.41) is 0. The normalized spacial score (nSPS) is 35.1. The van der Waals surface area contributed by atoms with E-state index in [0.717, 1.165) is 44.9 Å². The van der Waals surface area contributed by atoms with E-state index in [4.69, 9.17) is 0 Å². The lowest BCUT2D eigenvalue weighted by Gasteiger charge is -2.42. The molecule has 0 aromatic rings. The first-order valence-electron chi connectivity index (χ1n) is 11.0. The molecule has 0 N–H and O–H groups in total. The van der Waals surface area contributed by atoms with E-state index in [1.54, 1.807) is 0 Å². The van der Waals surface area contributed by atoms with Crippen LogP contribution in [-0.2, 0) is 19.2 Å². The molecule has 29 heavy (non-hydrogen) atoms. The second kappa shape index (κ2) is 8.80. The Hall–Kier alpha value is -1.98. The van der Waals surface area contributed by atoms with Gasteiger partial charge >= 0.3 is 0 Å². The molecule has 2 saturated carbocycles. The predicted molar refractivity (Wildman–Crippen MR) is 109 cm³/mol. The molecule has 1 heterocycles. The van der Waals surface area contributed by atoms with Gasteiger partial charge in [-0.15, -0.1) is 0 Å². The fraction of sp³-hybridized carbons (Fsp3) is 0.739. The lowest BCUT2D eigenvalue weighted by molar-refractivity contribution is -0.147. The van der Waals surface area contributed by atoms with E-state index in [0.29, 0.717) is 23.7 Å². The van der Waals surface area contributed by atoms with E-state index in [9.17, 15) is 19.2 Å². The number of amides is 4. The average Bonchev–Trinajstić information content (AvgIpc) is 2.95.